The predicted octanol–water partition coefficient (Wildman–Crippen LogP) is 4.40. The first-order valence-electron chi connectivity index (χ1n) is 8.88. The zero-order valence-electron chi connectivity index (χ0n) is 14.4. The Morgan fingerprint density at radius 3 is 2.43 bits per heavy atom. The highest BCUT2D eigenvalue weighted by molar-refractivity contribution is 6.20. The van der Waals surface area contributed by atoms with E-state index in [-0.39, 0.29) is 5.60 Å². The van der Waals surface area contributed by atoms with E-state index in [0.717, 1.165) is 49.8 Å². The topological polar surface area (TPSA) is 38.7 Å². The molecule has 0 N–H and O–H groups in total. The summed E-state index contributed by atoms with van der Waals surface area (Å²) in [6.07, 6.45) is 6.64. The molecule has 1 heterocycles. The lowest BCUT2D eigenvalue weighted by Crippen LogP contribution is -2.50. The molecule has 4 rings (SSSR count). The van der Waals surface area contributed by atoms with Crippen molar-refractivity contribution in [1.29, 1.82) is 0 Å². The number of rotatable bonds is 1. The van der Waals surface area contributed by atoms with Crippen LogP contribution in [0.1, 0.15) is 67.2 Å². The molecule has 23 heavy (non-hydrogen) atoms. The van der Waals surface area contributed by atoms with Gasteiger partial charge >= 0.3 is 0 Å². The summed E-state index contributed by atoms with van der Waals surface area (Å²) in [5, 5.41) is 4.56. The van der Waals surface area contributed by atoms with E-state index in [1.807, 2.05) is 0 Å². The number of carbonyl (C=O) groups is 1. The fraction of sp³-hybridized carbons (Fsp3) is 0.600. The first kappa shape index (κ1) is 14.9. The van der Waals surface area contributed by atoms with Gasteiger partial charge in [0.05, 0.1) is 0 Å². The summed E-state index contributed by atoms with van der Waals surface area (Å²) in [7, 11) is 0. The maximum Gasteiger partial charge on any atom is 0.155 e. The molecule has 1 aromatic carbocycles. The van der Waals surface area contributed by atoms with Gasteiger partial charge in [0, 0.05) is 12.0 Å². The van der Waals surface area contributed by atoms with Gasteiger partial charge in [-0.15, -0.1) is 0 Å². The summed E-state index contributed by atoms with van der Waals surface area (Å²) in [5.74, 6) is 0.364. The van der Waals surface area contributed by atoms with Crippen LogP contribution < -0.4 is 0 Å². The Kier molecular flexibility index (Phi) is 3.20. The van der Waals surface area contributed by atoms with Gasteiger partial charge < -0.3 is 4.84 Å². The highest BCUT2D eigenvalue weighted by Crippen LogP contribution is 2.59. The minimum atomic E-state index is -0.492. The number of hydrogen-bond acceptors (Lipinski definition) is 3. The van der Waals surface area contributed by atoms with Gasteiger partial charge in [-0.3, -0.25) is 4.79 Å². The Morgan fingerprint density at radius 1 is 1.00 bits per heavy atom. The minimum Gasteiger partial charge on any atom is -0.387 e. The van der Waals surface area contributed by atoms with Crippen molar-refractivity contribution in [3.8, 4) is 0 Å². The smallest absolute Gasteiger partial charge is 0.155 e. The highest BCUT2D eigenvalue weighted by atomic mass is 16.7. The predicted molar refractivity (Wildman–Crippen MR) is 90.8 cm³/mol. The minimum absolute atomic E-state index is 0.361. The van der Waals surface area contributed by atoms with Crippen molar-refractivity contribution in [2.75, 3.05) is 0 Å². The Morgan fingerprint density at radius 2 is 1.70 bits per heavy atom. The molecule has 0 spiro atoms. The Bertz CT molecular complexity index is 697. The molecule has 0 radical (unpaired) electrons. The SMILES string of the molecule is Cc1cc(C)c(C2=NOC34CCCCC(=O)C23CCC4)c(C)c1. The van der Waals surface area contributed by atoms with Crippen LogP contribution in [0.3, 0.4) is 0 Å². The fourth-order valence-electron chi connectivity index (χ4n) is 5.38. The van der Waals surface area contributed by atoms with Crippen molar-refractivity contribution >= 4 is 11.5 Å². The number of Topliss-reactive ketones (excluding diaryl/α,β-unsaturated/α-hetero) is 1. The van der Waals surface area contributed by atoms with Crippen LogP contribution >= 0.6 is 0 Å². The highest BCUT2D eigenvalue weighted by Gasteiger charge is 2.68. The lowest BCUT2D eigenvalue weighted by molar-refractivity contribution is -0.136. The van der Waals surface area contributed by atoms with Crippen molar-refractivity contribution in [2.45, 2.75) is 71.3 Å². The molecule has 0 aromatic heterocycles. The molecule has 3 aliphatic rings. The van der Waals surface area contributed by atoms with E-state index >= 15 is 0 Å². The summed E-state index contributed by atoms with van der Waals surface area (Å²) >= 11 is 0. The quantitative estimate of drug-likeness (QED) is 0.771. The summed E-state index contributed by atoms with van der Waals surface area (Å²) in [4.78, 5) is 19.3. The van der Waals surface area contributed by atoms with Gasteiger partial charge in [0.25, 0.3) is 0 Å². The molecule has 2 unspecified atom stereocenters. The van der Waals surface area contributed by atoms with E-state index in [4.69, 9.17) is 4.84 Å². The molecule has 1 aliphatic heterocycles. The number of benzene rings is 1. The van der Waals surface area contributed by atoms with Crippen LogP contribution in [0.4, 0.5) is 0 Å². The largest absolute Gasteiger partial charge is 0.387 e. The summed E-state index contributed by atoms with van der Waals surface area (Å²) in [6, 6.07) is 4.38. The second-order valence-electron chi connectivity index (χ2n) is 7.69. The standard InChI is InChI=1S/C20H25NO2/c1-13-11-14(2)17(15(3)12-13)18-20-10-6-9-19(20,23-21-18)8-5-4-7-16(20)22/h11-12H,4-10H2,1-3H3. The molecule has 0 amide bonds. The molecule has 122 valence electrons. The lowest BCUT2D eigenvalue weighted by Gasteiger charge is -2.36. The monoisotopic (exact) mass is 311 g/mol. The lowest BCUT2D eigenvalue weighted by atomic mass is 9.65. The van der Waals surface area contributed by atoms with Gasteiger partial charge in [-0.1, -0.05) is 22.9 Å². The van der Waals surface area contributed by atoms with Gasteiger partial charge in [0.2, 0.25) is 0 Å². The average molecular weight is 311 g/mol. The van der Waals surface area contributed by atoms with Crippen molar-refractivity contribution in [1.82, 2.24) is 0 Å². The second kappa shape index (κ2) is 4.93. The van der Waals surface area contributed by atoms with E-state index < -0.39 is 5.41 Å². The molecule has 2 atom stereocenters. The van der Waals surface area contributed by atoms with Crippen molar-refractivity contribution in [3.05, 3.63) is 34.4 Å². The van der Waals surface area contributed by atoms with E-state index in [0.29, 0.717) is 12.2 Å². The third kappa shape index (κ3) is 1.82. The number of ketones is 1. The molecule has 0 saturated heterocycles. The van der Waals surface area contributed by atoms with Crippen molar-refractivity contribution < 1.29 is 9.63 Å². The third-order valence-electron chi connectivity index (χ3n) is 6.25. The van der Waals surface area contributed by atoms with Crippen LogP contribution in [0.5, 0.6) is 0 Å². The summed E-state index contributed by atoms with van der Waals surface area (Å²) in [6.45, 7) is 6.38. The fourth-order valence-corrected chi connectivity index (χ4v) is 5.38. The Hall–Kier alpha value is -1.64. The maximum atomic E-state index is 13.2. The first-order valence-corrected chi connectivity index (χ1v) is 8.88. The summed E-state index contributed by atoms with van der Waals surface area (Å²) < 4.78 is 0. The second-order valence-corrected chi connectivity index (χ2v) is 7.69. The zero-order valence-corrected chi connectivity index (χ0v) is 14.4. The van der Waals surface area contributed by atoms with Crippen molar-refractivity contribution in [3.63, 3.8) is 0 Å². The maximum absolute atomic E-state index is 13.2. The third-order valence-corrected chi connectivity index (χ3v) is 6.25. The van der Waals surface area contributed by atoms with Gasteiger partial charge in [0.15, 0.2) is 5.60 Å². The number of hydrogen-bond donors (Lipinski definition) is 0. The van der Waals surface area contributed by atoms with Gasteiger partial charge in [-0.2, -0.15) is 0 Å². The number of carbonyl (C=O) groups excluding carboxylic acids is 1. The van der Waals surface area contributed by atoms with E-state index in [9.17, 15) is 4.79 Å². The number of oxime groups is 1. The van der Waals surface area contributed by atoms with Gasteiger partial charge in [-0.05, 0) is 70.4 Å². The number of nitrogens with zero attached hydrogens (tertiary/aromatic N) is 1. The Balaban J connectivity index is 1.92. The zero-order chi connectivity index (χ0) is 16.2. The molecule has 3 heteroatoms. The van der Waals surface area contributed by atoms with Crippen LogP contribution in [-0.2, 0) is 9.63 Å². The average Bonchev–Trinajstić information content (AvgIpc) is 2.95. The molecule has 2 saturated carbocycles. The van der Waals surface area contributed by atoms with Crippen LogP contribution in [0.2, 0.25) is 0 Å². The molecule has 0 bridgehead atoms. The van der Waals surface area contributed by atoms with Crippen molar-refractivity contribution in [2.24, 2.45) is 10.6 Å². The van der Waals surface area contributed by atoms with Crippen LogP contribution in [0, 0.1) is 26.2 Å². The molecule has 2 fully saturated rings. The summed E-state index contributed by atoms with van der Waals surface area (Å²) in [5.41, 5.74) is 4.89. The van der Waals surface area contributed by atoms with E-state index in [2.05, 4.69) is 38.1 Å². The van der Waals surface area contributed by atoms with E-state index in [1.165, 1.54) is 16.7 Å². The van der Waals surface area contributed by atoms with Crippen LogP contribution in [0.25, 0.3) is 0 Å². The molecule has 1 aromatic rings. The number of aryl methyl sites for hydroxylation is 3. The van der Waals surface area contributed by atoms with E-state index in [1.54, 1.807) is 0 Å². The molecule has 2 aliphatic carbocycles. The van der Waals surface area contributed by atoms with Crippen LogP contribution in [0.15, 0.2) is 17.3 Å². The normalized spacial score (nSPS) is 32.8. The van der Waals surface area contributed by atoms with Crippen LogP contribution in [-0.4, -0.2) is 17.1 Å². The molecular formula is C20H25NO2. The van der Waals surface area contributed by atoms with Gasteiger partial charge in [-0.25, -0.2) is 0 Å². The van der Waals surface area contributed by atoms with Gasteiger partial charge in [0.1, 0.15) is 16.9 Å². The molecular weight excluding hydrogens is 286 g/mol. The first-order chi connectivity index (χ1) is 11.0. The molecule has 3 nitrogen and oxygen atoms in total. The Labute approximate surface area is 138 Å².